The van der Waals surface area contributed by atoms with Crippen LogP contribution < -0.4 is 10.6 Å². The summed E-state index contributed by atoms with van der Waals surface area (Å²) in [6.45, 7) is 3.68. The smallest absolute Gasteiger partial charge is 0.241 e. The van der Waals surface area contributed by atoms with E-state index >= 15 is 0 Å². The van der Waals surface area contributed by atoms with Crippen LogP contribution in [0.1, 0.15) is 31.0 Å². The van der Waals surface area contributed by atoms with Crippen LogP contribution in [0.3, 0.4) is 0 Å². The van der Waals surface area contributed by atoms with Crippen molar-refractivity contribution in [1.29, 1.82) is 5.26 Å². The molecule has 2 aromatic rings. The molecule has 2 rings (SSSR count). The number of thiophene rings is 1. The highest BCUT2D eigenvalue weighted by Crippen LogP contribution is 2.27. The van der Waals surface area contributed by atoms with E-state index in [1.165, 1.54) is 11.3 Å². The fraction of sp³-hybridized carbons (Fsp3) is 0.250. The second-order valence-corrected chi connectivity index (χ2v) is 6.80. The van der Waals surface area contributed by atoms with E-state index in [1.54, 1.807) is 30.5 Å². The molecule has 0 bridgehead atoms. The Kier molecular flexibility index (Phi) is 6.03. The van der Waals surface area contributed by atoms with Crippen LogP contribution in [0, 0.1) is 11.3 Å². The number of nitrogens with one attached hydrogen (secondary N) is 2. The van der Waals surface area contributed by atoms with Crippen LogP contribution in [0.15, 0.2) is 29.6 Å². The van der Waals surface area contributed by atoms with Gasteiger partial charge in [-0.05, 0) is 43.0 Å². The van der Waals surface area contributed by atoms with Gasteiger partial charge in [0.1, 0.15) is 11.1 Å². The molecule has 0 radical (unpaired) electrons. The summed E-state index contributed by atoms with van der Waals surface area (Å²) in [6.07, 6.45) is 0. The molecule has 1 aromatic carbocycles. The van der Waals surface area contributed by atoms with Crippen molar-refractivity contribution in [3.05, 3.63) is 50.8 Å². The first-order valence-electron chi connectivity index (χ1n) is 6.91. The molecule has 0 spiro atoms. The number of carbonyl (C=O) groups excluding carboxylic acids is 1. The molecule has 1 heterocycles. The highest BCUT2D eigenvalue weighted by atomic mass is 35.5. The number of carbonyl (C=O) groups is 1. The van der Waals surface area contributed by atoms with Gasteiger partial charge in [-0.1, -0.05) is 29.3 Å². The highest BCUT2D eigenvalue weighted by molar-refractivity contribution is 7.14. The van der Waals surface area contributed by atoms with Crippen LogP contribution in [0.4, 0.5) is 5.00 Å². The minimum atomic E-state index is -0.453. The molecule has 120 valence electrons. The second-order valence-electron chi connectivity index (χ2n) is 5.04. The Morgan fingerprint density at radius 2 is 2.04 bits per heavy atom. The van der Waals surface area contributed by atoms with Crippen molar-refractivity contribution in [2.45, 2.75) is 25.9 Å². The summed E-state index contributed by atoms with van der Waals surface area (Å²) >= 11 is 13.4. The summed E-state index contributed by atoms with van der Waals surface area (Å²) in [5.41, 5.74) is 1.33. The summed E-state index contributed by atoms with van der Waals surface area (Å²) in [5, 5.41) is 18.4. The maximum absolute atomic E-state index is 12.3. The van der Waals surface area contributed by atoms with E-state index in [2.05, 4.69) is 10.6 Å². The molecule has 0 aliphatic rings. The van der Waals surface area contributed by atoms with Crippen molar-refractivity contribution in [2.75, 3.05) is 5.32 Å². The van der Waals surface area contributed by atoms with Gasteiger partial charge < -0.3 is 5.32 Å². The summed E-state index contributed by atoms with van der Waals surface area (Å²) in [6, 6.07) is 8.41. The van der Waals surface area contributed by atoms with E-state index in [0.717, 1.165) is 5.56 Å². The van der Waals surface area contributed by atoms with Gasteiger partial charge in [0.05, 0.1) is 11.6 Å². The zero-order chi connectivity index (χ0) is 17.0. The molecule has 7 heteroatoms. The van der Waals surface area contributed by atoms with Crippen molar-refractivity contribution >= 4 is 45.4 Å². The largest absolute Gasteiger partial charge is 0.315 e. The number of nitriles is 1. The van der Waals surface area contributed by atoms with Crippen molar-refractivity contribution < 1.29 is 4.79 Å². The van der Waals surface area contributed by atoms with Gasteiger partial charge in [0, 0.05) is 16.1 Å². The number of halogens is 2. The number of amides is 1. The van der Waals surface area contributed by atoms with Gasteiger partial charge in [0.25, 0.3) is 0 Å². The number of anilines is 1. The molecule has 23 heavy (non-hydrogen) atoms. The third-order valence-corrected chi connectivity index (χ3v) is 4.74. The fourth-order valence-corrected chi connectivity index (χ4v) is 3.42. The maximum Gasteiger partial charge on any atom is 0.241 e. The van der Waals surface area contributed by atoms with Crippen molar-refractivity contribution in [3.63, 3.8) is 0 Å². The Hall–Kier alpha value is -1.58. The van der Waals surface area contributed by atoms with Crippen molar-refractivity contribution in [2.24, 2.45) is 0 Å². The van der Waals surface area contributed by atoms with Crippen LogP contribution in [0.2, 0.25) is 10.0 Å². The Morgan fingerprint density at radius 1 is 1.30 bits per heavy atom. The summed E-state index contributed by atoms with van der Waals surface area (Å²) in [5.74, 6) is -0.208. The molecule has 2 N–H and O–H groups in total. The maximum atomic E-state index is 12.3. The average Bonchev–Trinajstić information content (AvgIpc) is 2.94. The topological polar surface area (TPSA) is 64.9 Å². The molecular formula is C16H15Cl2N3OS. The van der Waals surface area contributed by atoms with E-state index in [1.807, 2.05) is 19.1 Å². The first-order valence-corrected chi connectivity index (χ1v) is 8.55. The number of nitrogens with zero attached hydrogens (tertiary/aromatic N) is 1. The molecule has 4 nitrogen and oxygen atoms in total. The van der Waals surface area contributed by atoms with Crippen LogP contribution in [-0.2, 0) is 4.79 Å². The Balaban J connectivity index is 2.02. The third kappa shape index (κ3) is 4.46. The lowest BCUT2D eigenvalue weighted by Crippen LogP contribution is -2.39. The summed E-state index contributed by atoms with van der Waals surface area (Å²) < 4.78 is 0. The molecule has 2 atom stereocenters. The first-order chi connectivity index (χ1) is 10.9. The van der Waals surface area contributed by atoms with E-state index in [0.29, 0.717) is 20.6 Å². The number of rotatable bonds is 5. The minimum Gasteiger partial charge on any atom is -0.315 e. The third-order valence-electron chi connectivity index (χ3n) is 3.34. The molecule has 1 amide bonds. The van der Waals surface area contributed by atoms with E-state index in [-0.39, 0.29) is 11.9 Å². The normalized spacial score (nSPS) is 13.2. The Morgan fingerprint density at radius 3 is 2.70 bits per heavy atom. The molecule has 1 aromatic heterocycles. The van der Waals surface area contributed by atoms with Crippen LogP contribution in [0.25, 0.3) is 0 Å². The van der Waals surface area contributed by atoms with Gasteiger partial charge in [-0.3, -0.25) is 10.1 Å². The number of hydrogen-bond donors (Lipinski definition) is 2. The molecule has 0 saturated heterocycles. The Labute approximate surface area is 149 Å². The van der Waals surface area contributed by atoms with E-state index < -0.39 is 6.04 Å². The molecule has 0 saturated carbocycles. The molecule has 0 aliphatic heterocycles. The second kappa shape index (κ2) is 7.80. The fourth-order valence-electron chi connectivity index (χ4n) is 2.11. The lowest BCUT2D eigenvalue weighted by Gasteiger charge is -2.20. The van der Waals surface area contributed by atoms with Crippen LogP contribution >= 0.6 is 34.5 Å². The summed E-state index contributed by atoms with van der Waals surface area (Å²) in [7, 11) is 0. The Bertz CT molecular complexity index is 754. The van der Waals surface area contributed by atoms with E-state index in [9.17, 15) is 4.79 Å². The van der Waals surface area contributed by atoms with Gasteiger partial charge in [0.2, 0.25) is 5.91 Å². The van der Waals surface area contributed by atoms with Gasteiger partial charge >= 0.3 is 0 Å². The average molecular weight is 368 g/mol. The predicted octanol–water partition coefficient (Wildman–Crippen LogP) is 4.60. The summed E-state index contributed by atoms with van der Waals surface area (Å²) in [4.78, 5) is 12.3. The lowest BCUT2D eigenvalue weighted by molar-refractivity contribution is -0.117. The van der Waals surface area contributed by atoms with Crippen molar-refractivity contribution in [3.8, 4) is 6.07 Å². The van der Waals surface area contributed by atoms with Crippen LogP contribution in [-0.4, -0.2) is 11.9 Å². The number of benzene rings is 1. The minimum absolute atomic E-state index is 0.126. The SMILES string of the molecule is C[C@H](N[C@H](C)c1ccc(Cl)cc1Cl)C(=O)Nc1sccc1C#N. The molecule has 0 fully saturated rings. The van der Waals surface area contributed by atoms with Crippen LogP contribution in [0.5, 0.6) is 0 Å². The van der Waals surface area contributed by atoms with E-state index in [4.69, 9.17) is 28.5 Å². The van der Waals surface area contributed by atoms with Gasteiger partial charge in [-0.15, -0.1) is 11.3 Å². The zero-order valence-corrected chi connectivity index (χ0v) is 14.9. The van der Waals surface area contributed by atoms with Gasteiger partial charge in [-0.25, -0.2) is 0 Å². The quantitative estimate of drug-likeness (QED) is 0.810. The first kappa shape index (κ1) is 17.8. The van der Waals surface area contributed by atoms with Crippen molar-refractivity contribution in [1.82, 2.24) is 5.32 Å². The zero-order valence-electron chi connectivity index (χ0n) is 12.6. The molecule has 0 aliphatic carbocycles. The van der Waals surface area contributed by atoms with Gasteiger partial charge in [-0.2, -0.15) is 5.26 Å². The lowest BCUT2D eigenvalue weighted by atomic mass is 10.1. The monoisotopic (exact) mass is 367 g/mol. The highest BCUT2D eigenvalue weighted by Gasteiger charge is 2.19. The van der Waals surface area contributed by atoms with Gasteiger partial charge in [0.15, 0.2) is 0 Å². The molecule has 0 unspecified atom stereocenters. The predicted molar refractivity (Wildman–Crippen MR) is 95.1 cm³/mol. The number of hydrogen-bond acceptors (Lipinski definition) is 4. The molecular weight excluding hydrogens is 353 g/mol. The standard InChI is InChI=1S/C16H15Cl2N3OS/c1-9(13-4-3-12(17)7-14(13)18)20-10(2)15(22)21-16-11(8-19)5-6-23-16/h3-7,9-10,20H,1-2H3,(H,21,22)/t9-,10+/m1/s1.